The number of hydrogen-bond donors (Lipinski definition) is 3. The van der Waals surface area contributed by atoms with E-state index in [2.05, 4.69) is 25.8 Å². The maximum absolute atomic E-state index is 12.9. The van der Waals surface area contributed by atoms with Crippen molar-refractivity contribution in [2.75, 3.05) is 6.54 Å². The summed E-state index contributed by atoms with van der Waals surface area (Å²) in [5, 5.41) is 25.3. The van der Waals surface area contributed by atoms with Gasteiger partial charge in [0.05, 0.1) is 17.8 Å². The van der Waals surface area contributed by atoms with Crippen molar-refractivity contribution in [3.05, 3.63) is 94.7 Å². The molecule has 0 fully saturated rings. The van der Waals surface area contributed by atoms with Gasteiger partial charge in [-0.15, -0.1) is 0 Å². The van der Waals surface area contributed by atoms with Crippen LogP contribution in [-0.2, 0) is 29.5 Å². The summed E-state index contributed by atoms with van der Waals surface area (Å²) in [6.07, 6.45) is 2.72. The topological polar surface area (TPSA) is 136 Å². The summed E-state index contributed by atoms with van der Waals surface area (Å²) in [5.74, 6) is 0.0478. The van der Waals surface area contributed by atoms with Gasteiger partial charge in [-0.25, -0.2) is 14.5 Å². The molecule has 204 valence electrons. The van der Waals surface area contributed by atoms with E-state index in [1.54, 1.807) is 57.6 Å². The smallest absolute Gasteiger partial charge is 0.408 e. The van der Waals surface area contributed by atoms with Crippen LogP contribution in [0, 0.1) is 0 Å². The number of aryl methyl sites for hydroxylation is 1. The van der Waals surface area contributed by atoms with Gasteiger partial charge in [0.1, 0.15) is 23.1 Å². The molecule has 0 saturated carbocycles. The van der Waals surface area contributed by atoms with E-state index in [-0.39, 0.29) is 29.7 Å². The highest BCUT2D eigenvalue weighted by Crippen LogP contribution is 2.28. The number of amides is 2. The predicted molar refractivity (Wildman–Crippen MR) is 144 cm³/mol. The van der Waals surface area contributed by atoms with Crippen molar-refractivity contribution in [3.8, 4) is 5.82 Å². The Kier molecular flexibility index (Phi) is 8.03. The second kappa shape index (κ2) is 11.3. The molecule has 1 unspecified atom stereocenters. The van der Waals surface area contributed by atoms with Crippen molar-refractivity contribution in [1.82, 2.24) is 35.2 Å². The number of aromatic nitrogens is 5. The Morgan fingerprint density at radius 3 is 2.54 bits per heavy atom. The summed E-state index contributed by atoms with van der Waals surface area (Å²) in [6, 6.07) is 15.9. The second-order valence-corrected chi connectivity index (χ2v) is 10.2. The molecule has 2 amide bonds. The first-order valence-electron chi connectivity index (χ1n) is 12.2. The number of carbonyl (C=O) groups is 2. The summed E-state index contributed by atoms with van der Waals surface area (Å²) in [6.45, 7) is 5.04. The number of nitrogens with one attached hydrogen (secondary N) is 2. The van der Waals surface area contributed by atoms with Crippen molar-refractivity contribution in [3.63, 3.8) is 0 Å². The van der Waals surface area contributed by atoms with Crippen molar-refractivity contribution in [2.24, 2.45) is 7.05 Å². The fourth-order valence-electron chi connectivity index (χ4n) is 3.83. The zero-order valence-corrected chi connectivity index (χ0v) is 22.8. The first-order valence-corrected chi connectivity index (χ1v) is 12.5. The Morgan fingerprint density at radius 1 is 1.10 bits per heavy atom. The highest BCUT2D eigenvalue weighted by atomic mass is 35.5. The minimum absolute atomic E-state index is 0.122. The predicted octanol–water partition coefficient (Wildman–Crippen LogP) is 3.45. The van der Waals surface area contributed by atoms with E-state index in [1.807, 2.05) is 30.3 Å². The Bertz CT molecular complexity index is 1450. The Hall–Kier alpha value is -4.22. The molecular formula is C27H30ClN7O4. The third kappa shape index (κ3) is 6.81. The molecule has 3 aromatic heterocycles. The van der Waals surface area contributed by atoms with Gasteiger partial charge in [0.2, 0.25) is 0 Å². The number of ether oxygens (including phenoxy) is 1. The maximum atomic E-state index is 12.9. The molecule has 0 aliphatic rings. The molecule has 1 atom stereocenters. The zero-order valence-electron chi connectivity index (χ0n) is 22.1. The third-order valence-electron chi connectivity index (χ3n) is 6.13. The molecule has 1 aromatic carbocycles. The third-order valence-corrected chi connectivity index (χ3v) is 6.32. The Morgan fingerprint density at radius 2 is 1.85 bits per heavy atom. The highest BCUT2D eigenvalue weighted by molar-refractivity contribution is 6.29. The van der Waals surface area contributed by atoms with Crippen LogP contribution in [0.25, 0.3) is 5.82 Å². The van der Waals surface area contributed by atoms with Crippen molar-refractivity contribution in [2.45, 2.75) is 38.5 Å². The number of hydrogen-bond acceptors (Lipinski definition) is 7. The van der Waals surface area contributed by atoms with Gasteiger partial charge >= 0.3 is 6.09 Å². The van der Waals surface area contributed by atoms with Crippen molar-refractivity contribution < 1.29 is 19.4 Å². The van der Waals surface area contributed by atoms with Crippen LogP contribution in [0.3, 0.4) is 0 Å². The molecule has 0 radical (unpaired) electrons. The van der Waals surface area contributed by atoms with Gasteiger partial charge in [-0.1, -0.05) is 41.9 Å². The lowest BCUT2D eigenvalue weighted by atomic mass is 9.91. The lowest BCUT2D eigenvalue weighted by molar-refractivity contribution is 0.0485. The Labute approximate surface area is 230 Å². The minimum atomic E-state index is -1.58. The average Bonchev–Trinajstić information content (AvgIpc) is 3.56. The second-order valence-electron chi connectivity index (χ2n) is 9.79. The van der Waals surface area contributed by atoms with Gasteiger partial charge < -0.3 is 20.5 Å². The molecule has 12 heteroatoms. The van der Waals surface area contributed by atoms with Crippen molar-refractivity contribution >= 4 is 23.6 Å². The normalized spacial score (nSPS) is 13.0. The highest BCUT2D eigenvalue weighted by Gasteiger charge is 2.31. The fraction of sp³-hybridized carbons (Fsp3) is 0.296. The van der Waals surface area contributed by atoms with Crippen LogP contribution in [0.4, 0.5) is 4.79 Å². The molecule has 3 N–H and O–H groups in total. The maximum Gasteiger partial charge on any atom is 0.408 e. The number of rotatable bonds is 9. The SMILES string of the molecule is Cn1nc(-n2cccn2)cc1C(=O)NCC(C)(O)c1cc(C(C)(C)NC(=O)OCc2ccccc2)cc(Cl)n1. The molecule has 39 heavy (non-hydrogen) atoms. The van der Waals surface area contributed by atoms with E-state index in [0.29, 0.717) is 11.4 Å². The summed E-state index contributed by atoms with van der Waals surface area (Å²) in [4.78, 5) is 29.7. The van der Waals surface area contributed by atoms with Crippen molar-refractivity contribution in [1.29, 1.82) is 0 Å². The first kappa shape index (κ1) is 27.8. The minimum Gasteiger partial charge on any atom is -0.445 e. The molecular weight excluding hydrogens is 522 g/mol. The molecule has 4 aromatic rings. The molecule has 0 aliphatic heterocycles. The van der Waals surface area contributed by atoms with E-state index < -0.39 is 23.1 Å². The van der Waals surface area contributed by atoms with E-state index in [4.69, 9.17) is 16.3 Å². The van der Waals surface area contributed by atoms with Crippen LogP contribution in [0.5, 0.6) is 0 Å². The molecule has 11 nitrogen and oxygen atoms in total. The van der Waals surface area contributed by atoms with Crippen LogP contribution < -0.4 is 10.6 Å². The zero-order chi connectivity index (χ0) is 28.2. The molecule has 0 aliphatic carbocycles. The summed E-state index contributed by atoms with van der Waals surface area (Å²) in [5.41, 5.74) is -0.525. The standard InChI is InChI=1S/C27H30ClN7O4/c1-26(2,32-25(37)39-16-18-9-6-5-7-10-18)19-13-21(31-22(28)14-19)27(3,38)17-29-24(36)20-15-23(33-34(20)4)35-12-8-11-30-35/h5-15,38H,16-17H2,1-4H3,(H,29,36)(H,32,37). The average molecular weight is 552 g/mol. The summed E-state index contributed by atoms with van der Waals surface area (Å²) >= 11 is 6.30. The summed E-state index contributed by atoms with van der Waals surface area (Å²) < 4.78 is 8.32. The molecule has 0 saturated heterocycles. The Balaban J connectivity index is 1.43. The fourth-order valence-corrected chi connectivity index (χ4v) is 4.04. The van der Waals surface area contributed by atoms with Crippen LogP contribution >= 0.6 is 11.6 Å². The number of pyridine rings is 1. The van der Waals surface area contributed by atoms with E-state index in [0.717, 1.165) is 5.56 Å². The van der Waals surface area contributed by atoms with Gasteiger partial charge in [-0.3, -0.25) is 9.48 Å². The number of carbonyl (C=O) groups excluding carboxylic acids is 2. The molecule has 4 rings (SSSR count). The largest absolute Gasteiger partial charge is 0.445 e. The van der Waals surface area contributed by atoms with E-state index in [1.165, 1.54) is 16.3 Å². The van der Waals surface area contributed by atoms with E-state index >= 15 is 0 Å². The van der Waals surface area contributed by atoms with Gasteiger partial charge in [0.25, 0.3) is 5.91 Å². The van der Waals surface area contributed by atoms with Gasteiger partial charge in [0.15, 0.2) is 5.82 Å². The van der Waals surface area contributed by atoms with Crippen LogP contribution in [0.15, 0.2) is 67.0 Å². The first-order chi connectivity index (χ1) is 18.4. The molecule has 0 spiro atoms. The lowest BCUT2D eigenvalue weighted by Crippen LogP contribution is -2.42. The number of benzene rings is 1. The quantitative estimate of drug-likeness (QED) is 0.271. The van der Waals surface area contributed by atoms with Crippen LogP contribution in [-0.4, -0.2) is 48.2 Å². The van der Waals surface area contributed by atoms with E-state index in [9.17, 15) is 14.7 Å². The number of nitrogens with zero attached hydrogens (tertiary/aromatic N) is 5. The molecule has 0 bridgehead atoms. The van der Waals surface area contributed by atoms with Gasteiger partial charge in [0, 0.05) is 25.5 Å². The number of halogens is 1. The van der Waals surface area contributed by atoms with Gasteiger partial charge in [-0.05, 0) is 50.1 Å². The van der Waals surface area contributed by atoms with Crippen LogP contribution in [0.2, 0.25) is 5.15 Å². The monoisotopic (exact) mass is 551 g/mol. The number of alkyl carbamates (subject to hydrolysis) is 1. The summed E-state index contributed by atoms with van der Waals surface area (Å²) in [7, 11) is 1.64. The lowest BCUT2D eigenvalue weighted by Gasteiger charge is -2.29. The number of aliphatic hydroxyl groups is 1. The van der Waals surface area contributed by atoms with Gasteiger partial charge in [-0.2, -0.15) is 10.2 Å². The van der Waals surface area contributed by atoms with Crippen LogP contribution in [0.1, 0.15) is 48.1 Å². The molecule has 3 heterocycles.